The van der Waals surface area contributed by atoms with Crippen LogP contribution < -0.4 is 10.0 Å². The minimum atomic E-state index is -3.02. The predicted octanol–water partition coefficient (Wildman–Crippen LogP) is 5.91. The third-order valence-corrected chi connectivity index (χ3v) is 9.27. The van der Waals surface area contributed by atoms with Gasteiger partial charge in [-0.25, -0.2) is 26.5 Å². The summed E-state index contributed by atoms with van der Waals surface area (Å²) in [6, 6.07) is 1.36. The molecule has 6 nitrogen and oxygen atoms in total. The van der Waals surface area contributed by atoms with Crippen LogP contribution >= 0.6 is 0 Å². The topological polar surface area (TPSA) is 75.5 Å². The molecule has 200 valence electrons. The summed E-state index contributed by atoms with van der Waals surface area (Å²) < 4.78 is 63.7. The van der Waals surface area contributed by atoms with Crippen molar-refractivity contribution in [2.24, 2.45) is 23.2 Å². The van der Waals surface area contributed by atoms with Crippen molar-refractivity contribution in [1.82, 2.24) is 9.29 Å². The number of nitrogens with zero attached hydrogens (tertiary/aromatic N) is 2. The molecule has 2 aliphatic rings. The highest BCUT2D eigenvalue weighted by atomic mass is 32.2. The predicted molar refractivity (Wildman–Crippen MR) is 139 cm³/mol. The zero-order chi connectivity index (χ0) is 26.9. The Bertz CT molecular complexity index is 1370. The van der Waals surface area contributed by atoms with Gasteiger partial charge >= 0.3 is 0 Å². The Morgan fingerprint density at radius 2 is 2.00 bits per heavy atom. The second kappa shape index (κ2) is 10.9. The minimum absolute atomic E-state index is 0.0873. The first-order valence-corrected chi connectivity index (χ1v) is 14.0. The third kappa shape index (κ3) is 5.70. The Morgan fingerprint density at radius 3 is 2.65 bits per heavy atom. The number of fused-ring (bicyclic) bond motifs is 1. The molecule has 3 unspecified atom stereocenters. The highest BCUT2D eigenvalue weighted by Gasteiger charge is 2.33. The summed E-state index contributed by atoms with van der Waals surface area (Å²) in [4.78, 5) is 13.6. The van der Waals surface area contributed by atoms with E-state index >= 15 is 0 Å². The van der Waals surface area contributed by atoms with Gasteiger partial charge in [0.2, 0.25) is 0 Å². The smallest absolute Gasteiger partial charge is 0.272 e. The molecule has 4 atom stereocenters. The lowest BCUT2D eigenvalue weighted by molar-refractivity contribution is 0.101. The van der Waals surface area contributed by atoms with Gasteiger partial charge in [-0.05, 0) is 43.9 Å². The monoisotopic (exact) mass is 534 g/mol. The zero-order valence-electron chi connectivity index (χ0n) is 21.5. The van der Waals surface area contributed by atoms with Crippen LogP contribution in [0, 0.1) is 29.3 Å². The van der Waals surface area contributed by atoms with E-state index in [9.17, 15) is 22.2 Å². The molecule has 10 heteroatoms. The van der Waals surface area contributed by atoms with Crippen molar-refractivity contribution in [3.63, 3.8) is 0 Å². The van der Waals surface area contributed by atoms with E-state index < -0.39 is 33.3 Å². The maximum Gasteiger partial charge on any atom is 0.272 e. The van der Waals surface area contributed by atoms with Crippen molar-refractivity contribution >= 4 is 21.5 Å². The zero-order valence-corrected chi connectivity index (χ0v) is 22.3. The number of benzene rings is 1. The molecule has 0 radical (unpaired) electrons. The maximum atomic E-state index is 14.0. The number of carbonyl (C=O) groups excluding carboxylic acids is 1. The number of aryl methyl sites for hydroxylation is 1. The molecule has 37 heavy (non-hydrogen) atoms. The van der Waals surface area contributed by atoms with Crippen LogP contribution in [0.1, 0.15) is 55.6 Å². The molecule has 2 N–H and O–H groups in total. The molecule has 1 aliphatic heterocycles. The SMILES string of the molecule is CN=S1(=O)N[C@@H](C(C)CCC2=CC(C)CC=C2)CCc2c1cn(C)c2C(=O)Nc1cc(F)c(F)c(F)c1. The number of nitrogens with one attached hydrogen (secondary N) is 2. The lowest BCUT2D eigenvalue weighted by Crippen LogP contribution is -2.38. The largest absolute Gasteiger partial charge is 0.345 e. The van der Waals surface area contributed by atoms with Gasteiger partial charge in [0.05, 0.1) is 4.90 Å². The van der Waals surface area contributed by atoms with Crippen LogP contribution in [0.5, 0.6) is 0 Å². The molecule has 0 saturated carbocycles. The molecule has 0 spiro atoms. The molecule has 2 aromatic rings. The van der Waals surface area contributed by atoms with E-state index in [1.54, 1.807) is 13.2 Å². The molecule has 1 amide bonds. The highest BCUT2D eigenvalue weighted by molar-refractivity contribution is 7.91. The van der Waals surface area contributed by atoms with Crippen LogP contribution in [0.15, 0.2) is 51.4 Å². The van der Waals surface area contributed by atoms with Crippen LogP contribution in [0.4, 0.5) is 18.9 Å². The maximum absolute atomic E-state index is 14.0. The summed E-state index contributed by atoms with van der Waals surface area (Å²) in [6.45, 7) is 4.33. The van der Waals surface area contributed by atoms with Crippen molar-refractivity contribution in [3.8, 4) is 0 Å². The van der Waals surface area contributed by atoms with E-state index in [1.807, 2.05) is 0 Å². The minimum Gasteiger partial charge on any atom is -0.345 e. The average Bonchev–Trinajstić information content (AvgIpc) is 3.12. The quantitative estimate of drug-likeness (QED) is 0.452. The van der Waals surface area contributed by atoms with Gasteiger partial charge in [0.25, 0.3) is 5.91 Å². The van der Waals surface area contributed by atoms with Crippen LogP contribution in [0.25, 0.3) is 0 Å². The number of anilines is 1. The molecule has 2 heterocycles. The van der Waals surface area contributed by atoms with E-state index in [0.29, 0.717) is 29.2 Å². The third-order valence-electron chi connectivity index (χ3n) is 7.19. The first-order valence-electron chi connectivity index (χ1n) is 12.5. The molecule has 1 aromatic carbocycles. The van der Waals surface area contributed by atoms with Crippen LogP contribution in [0.3, 0.4) is 0 Å². The van der Waals surface area contributed by atoms with Gasteiger partial charge in [-0.3, -0.25) is 4.79 Å². The van der Waals surface area contributed by atoms with Crippen molar-refractivity contribution in [2.75, 3.05) is 12.4 Å². The summed E-state index contributed by atoms with van der Waals surface area (Å²) in [5.74, 6) is -4.30. The first-order chi connectivity index (χ1) is 17.5. The van der Waals surface area contributed by atoms with Gasteiger partial charge in [-0.1, -0.05) is 37.6 Å². The normalized spacial score (nSPS) is 24.1. The summed E-state index contributed by atoms with van der Waals surface area (Å²) in [5, 5.41) is 2.44. The van der Waals surface area contributed by atoms with Crippen molar-refractivity contribution < 1.29 is 22.2 Å². The number of aromatic nitrogens is 1. The second-order valence-corrected chi connectivity index (χ2v) is 12.1. The lowest BCUT2D eigenvalue weighted by Gasteiger charge is -2.25. The molecule has 4 rings (SSSR count). The molecule has 0 saturated heterocycles. The van der Waals surface area contributed by atoms with Gasteiger partial charge in [0.15, 0.2) is 17.5 Å². The number of hydrogen-bond donors (Lipinski definition) is 2. The molecule has 1 aliphatic carbocycles. The van der Waals surface area contributed by atoms with E-state index in [2.05, 4.69) is 46.5 Å². The lowest BCUT2D eigenvalue weighted by atomic mass is 9.88. The Kier molecular flexibility index (Phi) is 7.99. The van der Waals surface area contributed by atoms with Crippen LogP contribution in [-0.2, 0) is 23.4 Å². The Labute approximate surface area is 216 Å². The van der Waals surface area contributed by atoms with E-state index in [-0.39, 0.29) is 23.3 Å². The fourth-order valence-electron chi connectivity index (χ4n) is 5.11. The van der Waals surface area contributed by atoms with E-state index in [4.69, 9.17) is 0 Å². The fourth-order valence-corrected chi connectivity index (χ4v) is 7.13. The summed E-state index contributed by atoms with van der Waals surface area (Å²) in [7, 11) is 0.103. The molecule has 0 bridgehead atoms. The van der Waals surface area contributed by atoms with Gasteiger partial charge in [0, 0.05) is 49.7 Å². The van der Waals surface area contributed by atoms with Crippen LogP contribution in [0.2, 0.25) is 0 Å². The first kappa shape index (κ1) is 27.2. The van der Waals surface area contributed by atoms with Crippen molar-refractivity contribution in [1.29, 1.82) is 0 Å². The summed E-state index contributed by atoms with van der Waals surface area (Å²) in [5.41, 5.74) is 1.90. The second-order valence-electron chi connectivity index (χ2n) is 9.98. The highest BCUT2D eigenvalue weighted by Crippen LogP contribution is 2.32. The van der Waals surface area contributed by atoms with Crippen LogP contribution in [-0.4, -0.2) is 27.8 Å². The Morgan fingerprint density at radius 1 is 1.30 bits per heavy atom. The number of allylic oxidation sites excluding steroid dienone is 4. The van der Waals surface area contributed by atoms with E-state index in [0.717, 1.165) is 31.4 Å². The van der Waals surface area contributed by atoms with Crippen molar-refractivity contribution in [3.05, 3.63) is 70.8 Å². The molecular weight excluding hydrogens is 501 g/mol. The Hall–Kier alpha value is -2.85. The Balaban J connectivity index is 1.57. The van der Waals surface area contributed by atoms with Gasteiger partial charge < -0.3 is 9.88 Å². The van der Waals surface area contributed by atoms with Crippen molar-refractivity contribution in [2.45, 2.75) is 56.9 Å². The standard InChI is InChI=1S/C27H33F3N4O2S/c1-16-6-5-7-18(12-16)9-8-17(2)23-11-10-20-24(37(36,31-3)33-23)15-34(4)26(20)27(35)32-19-13-21(28)25(30)22(29)14-19/h5,7,12-17,23H,6,8-11H2,1-4H3,(H,32,35)(H,31,33,36)/t16?,17?,23-,37?/m1/s1. The molecule has 0 fully saturated rings. The van der Waals surface area contributed by atoms with Gasteiger partial charge in [0.1, 0.15) is 15.6 Å². The number of amides is 1. The van der Waals surface area contributed by atoms with Gasteiger partial charge in [-0.2, -0.15) is 0 Å². The number of hydrogen-bond acceptors (Lipinski definition) is 3. The summed E-state index contributed by atoms with van der Waals surface area (Å²) in [6.07, 6.45) is 12.3. The fraction of sp³-hybridized carbons (Fsp3) is 0.444. The number of rotatable bonds is 6. The van der Waals surface area contributed by atoms with Gasteiger partial charge in [-0.15, -0.1) is 0 Å². The molecule has 1 aromatic heterocycles. The number of halogens is 3. The average molecular weight is 535 g/mol. The number of carbonyl (C=O) groups is 1. The molecular formula is C27H33F3N4O2S. The summed E-state index contributed by atoms with van der Waals surface area (Å²) >= 11 is 0. The van der Waals surface area contributed by atoms with E-state index in [1.165, 1.54) is 17.2 Å².